The summed E-state index contributed by atoms with van der Waals surface area (Å²) in [6.07, 6.45) is -5.11. The molecule has 2 saturated heterocycles. The molecule has 5 atom stereocenters. The van der Waals surface area contributed by atoms with Crippen LogP contribution in [0.3, 0.4) is 0 Å². The van der Waals surface area contributed by atoms with E-state index in [4.69, 9.17) is 34.2 Å². The molecule has 2 heterocycles. The maximum Gasteiger partial charge on any atom is 0.305 e. The van der Waals surface area contributed by atoms with E-state index in [9.17, 15) is 19.2 Å². The summed E-state index contributed by atoms with van der Waals surface area (Å²) in [6.45, 7) is 5.37. The number of hydrogen-bond donors (Lipinski definition) is 1. The molecule has 0 saturated carbocycles. The van der Waals surface area contributed by atoms with Gasteiger partial charge in [-0.25, -0.2) is 0 Å². The quantitative estimate of drug-likeness (QED) is 0.425. The molecule has 11 heteroatoms. The fourth-order valence-electron chi connectivity index (χ4n) is 3.28. The maximum absolute atomic E-state index is 11.7. The molecule has 0 aromatic rings. The van der Waals surface area contributed by atoms with Crippen LogP contribution < -0.4 is 5.73 Å². The highest BCUT2D eigenvalue weighted by Crippen LogP contribution is 2.33. The predicted octanol–water partition coefficient (Wildman–Crippen LogP) is -0.423. The summed E-state index contributed by atoms with van der Waals surface area (Å²) in [5.41, 5.74) is 5.61. The summed E-state index contributed by atoms with van der Waals surface area (Å²) in [5.74, 6) is -2.77. The number of carbonyl (C=O) groups is 4. The fraction of sp³-hybridized carbons (Fsp3) is 0.778. The van der Waals surface area contributed by atoms with Crippen molar-refractivity contribution in [2.75, 3.05) is 13.2 Å². The molecule has 2 rings (SSSR count). The van der Waals surface area contributed by atoms with Gasteiger partial charge < -0.3 is 34.2 Å². The molecular weight excluding hydrogens is 390 g/mol. The summed E-state index contributed by atoms with van der Waals surface area (Å²) < 4.78 is 32.0. The Hall–Kier alpha value is -2.24. The van der Waals surface area contributed by atoms with Gasteiger partial charge in [0.25, 0.3) is 0 Å². The average molecular weight is 417 g/mol. The van der Waals surface area contributed by atoms with Crippen LogP contribution >= 0.6 is 0 Å². The molecule has 2 N–H and O–H groups in total. The Morgan fingerprint density at radius 2 is 1.31 bits per heavy atom. The Morgan fingerprint density at radius 3 is 1.76 bits per heavy atom. The van der Waals surface area contributed by atoms with Gasteiger partial charge in [0, 0.05) is 27.7 Å². The molecule has 0 aromatic heterocycles. The number of nitrogens with two attached hydrogens (primary N) is 1. The first-order valence-corrected chi connectivity index (χ1v) is 9.22. The summed E-state index contributed by atoms with van der Waals surface area (Å²) in [5, 5.41) is 0. The zero-order valence-corrected chi connectivity index (χ0v) is 16.9. The first-order chi connectivity index (χ1) is 13.5. The van der Waals surface area contributed by atoms with Gasteiger partial charge in [0.05, 0.1) is 18.8 Å². The highest BCUT2D eigenvalue weighted by Gasteiger charge is 2.53. The second kappa shape index (κ2) is 9.51. The predicted molar refractivity (Wildman–Crippen MR) is 94.1 cm³/mol. The van der Waals surface area contributed by atoms with Crippen molar-refractivity contribution >= 4 is 23.9 Å². The topological polar surface area (TPSA) is 150 Å². The van der Waals surface area contributed by atoms with E-state index in [1.807, 2.05) is 0 Å². The lowest BCUT2D eigenvalue weighted by molar-refractivity contribution is -0.297. The van der Waals surface area contributed by atoms with Crippen molar-refractivity contribution in [1.82, 2.24) is 0 Å². The number of rotatable bonds is 7. The molecule has 2 fully saturated rings. The molecule has 0 unspecified atom stereocenters. The van der Waals surface area contributed by atoms with Gasteiger partial charge in [-0.1, -0.05) is 0 Å². The molecule has 0 aliphatic carbocycles. The van der Waals surface area contributed by atoms with Gasteiger partial charge in [0.15, 0.2) is 12.2 Å². The largest absolute Gasteiger partial charge is 0.456 e. The summed E-state index contributed by atoms with van der Waals surface area (Å²) in [7, 11) is 0. The van der Waals surface area contributed by atoms with E-state index in [0.29, 0.717) is 26.1 Å². The minimum Gasteiger partial charge on any atom is -0.456 e. The van der Waals surface area contributed by atoms with Crippen molar-refractivity contribution < 1.29 is 47.6 Å². The van der Waals surface area contributed by atoms with Gasteiger partial charge >= 0.3 is 23.9 Å². The van der Waals surface area contributed by atoms with Crippen LogP contribution in [0.1, 0.15) is 40.5 Å². The molecule has 0 amide bonds. The average Bonchev–Trinajstić information content (AvgIpc) is 2.55. The Morgan fingerprint density at radius 1 is 0.828 bits per heavy atom. The van der Waals surface area contributed by atoms with Gasteiger partial charge in [0.1, 0.15) is 6.10 Å². The first kappa shape index (κ1) is 23.0. The Bertz CT molecular complexity index is 647. The fourth-order valence-corrected chi connectivity index (χ4v) is 3.28. The Labute approximate surface area is 168 Å². The van der Waals surface area contributed by atoms with E-state index in [1.54, 1.807) is 0 Å². The van der Waals surface area contributed by atoms with E-state index in [1.165, 1.54) is 6.92 Å². The van der Waals surface area contributed by atoms with Crippen LogP contribution in [0.2, 0.25) is 0 Å². The smallest absolute Gasteiger partial charge is 0.305 e. The van der Waals surface area contributed by atoms with Crippen LogP contribution in [-0.2, 0) is 47.6 Å². The molecule has 0 aromatic carbocycles. The number of hydrogen-bond acceptors (Lipinski definition) is 11. The van der Waals surface area contributed by atoms with Gasteiger partial charge in [-0.2, -0.15) is 0 Å². The van der Waals surface area contributed by atoms with Crippen LogP contribution in [0.15, 0.2) is 0 Å². The van der Waals surface area contributed by atoms with E-state index in [2.05, 4.69) is 0 Å². The first-order valence-electron chi connectivity index (χ1n) is 9.22. The van der Waals surface area contributed by atoms with Crippen LogP contribution in [0.4, 0.5) is 0 Å². The van der Waals surface area contributed by atoms with Gasteiger partial charge in [-0.15, -0.1) is 0 Å². The lowest BCUT2D eigenvalue weighted by Gasteiger charge is -2.45. The van der Waals surface area contributed by atoms with Crippen molar-refractivity contribution in [2.45, 2.75) is 76.8 Å². The molecular formula is C18H27NO10. The lowest BCUT2D eigenvalue weighted by Crippen LogP contribution is -2.63. The minimum absolute atomic E-state index is 0.292. The third kappa shape index (κ3) is 6.38. The lowest BCUT2D eigenvalue weighted by atomic mass is 9.87. The van der Waals surface area contributed by atoms with Crippen LogP contribution in [-0.4, -0.2) is 73.3 Å². The van der Waals surface area contributed by atoms with Crippen LogP contribution in [0.5, 0.6) is 0 Å². The molecule has 2 aliphatic heterocycles. The van der Waals surface area contributed by atoms with E-state index >= 15 is 0 Å². The number of carbonyl (C=O) groups excluding carboxylic acids is 4. The van der Waals surface area contributed by atoms with E-state index < -0.39 is 60.1 Å². The summed E-state index contributed by atoms with van der Waals surface area (Å²) >= 11 is 0. The Balaban J connectivity index is 2.33. The van der Waals surface area contributed by atoms with Gasteiger partial charge in [-0.3, -0.25) is 19.2 Å². The number of ether oxygens (including phenoxy) is 6. The van der Waals surface area contributed by atoms with Crippen LogP contribution in [0.25, 0.3) is 0 Å². The van der Waals surface area contributed by atoms with Crippen LogP contribution in [0, 0.1) is 0 Å². The van der Waals surface area contributed by atoms with E-state index in [-0.39, 0.29) is 0 Å². The SMILES string of the molecule is CC(=O)O[C@H]1O[C@H](CCC2(N)COC2)[C@@H](OC(C)=O)[C@H](OC(C)=O)[C@@H]1OC(C)=O. The van der Waals surface area contributed by atoms with Crippen molar-refractivity contribution in [2.24, 2.45) is 5.73 Å². The maximum atomic E-state index is 11.7. The zero-order chi connectivity index (χ0) is 21.8. The Kier molecular flexibility index (Phi) is 7.55. The molecule has 164 valence electrons. The minimum atomic E-state index is -1.36. The monoisotopic (exact) mass is 417 g/mol. The molecule has 11 nitrogen and oxygen atoms in total. The van der Waals surface area contributed by atoms with Crippen molar-refractivity contribution in [3.63, 3.8) is 0 Å². The standard InChI is InChI=1S/C18H27NO10/c1-9(20)25-14-13(5-6-18(19)7-24-8-18)29-17(28-12(4)23)16(27-11(3)22)15(14)26-10(2)21/h13-17H,5-8,19H2,1-4H3/t13-,14-,15+,16+,17+/m1/s1. The normalized spacial score (nSPS) is 30.4. The molecule has 0 spiro atoms. The van der Waals surface area contributed by atoms with E-state index in [0.717, 1.165) is 20.8 Å². The summed E-state index contributed by atoms with van der Waals surface area (Å²) in [4.78, 5) is 46.5. The van der Waals surface area contributed by atoms with Crippen molar-refractivity contribution in [3.05, 3.63) is 0 Å². The molecule has 2 aliphatic rings. The number of esters is 4. The molecule has 0 bridgehead atoms. The highest BCUT2D eigenvalue weighted by molar-refractivity contribution is 5.69. The second-order valence-electron chi connectivity index (χ2n) is 7.27. The van der Waals surface area contributed by atoms with Gasteiger partial charge in [0.2, 0.25) is 12.4 Å². The summed E-state index contributed by atoms with van der Waals surface area (Å²) in [6, 6.07) is 0. The molecule has 29 heavy (non-hydrogen) atoms. The van der Waals surface area contributed by atoms with Crippen molar-refractivity contribution in [3.8, 4) is 0 Å². The third-order valence-corrected chi connectivity index (χ3v) is 4.49. The van der Waals surface area contributed by atoms with Gasteiger partial charge in [-0.05, 0) is 12.8 Å². The highest BCUT2D eigenvalue weighted by atomic mass is 16.7. The second-order valence-corrected chi connectivity index (χ2v) is 7.27. The zero-order valence-electron chi connectivity index (χ0n) is 16.9. The molecule has 0 radical (unpaired) electrons. The third-order valence-electron chi connectivity index (χ3n) is 4.49. The van der Waals surface area contributed by atoms with Crippen molar-refractivity contribution in [1.29, 1.82) is 0 Å².